The molecule has 1 saturated carbocycles. The van der Waals surface area contributed by atoms with E-state index >= 15 is 0 Å². The summed E-state index contributed by atoms with van der Waals surface area (Å²) in [4.78, 5) is 60.5. The lowest BCUT2D eigenvalue weighted by Crippen LogP contribution is -2.34. The minimum atomic E-state index is -1.96. The van der Waals surface area contributed by atoms with E-state index in [0.717, 1.165) is 9.69 Å². The quantitative estimate of drug-likeness (QED) is 0.0576. The molecular formula is C27H15N8O9+. The highest BCUT2D eigenvalue weighted by atomic mass is 16.6. The average molecular weight is 595 g/mol. The molecule has 0 N–H and O–H groups in total. The van der Waals surface area contributed by atoms with Gasteiger partial charge in [0, 0.05) is 47.5 Å². The lowest BCUT2D eigenvalue weighted by atomic mass is 9.95. The number of aromatic nitrogens is 2. The van der Waals surface area contributed by atoms with Crippen molar-refractivity contribution in [2.24, 2.45) is 18.1 Å². The van der Waals surface area contributed by atoms with Crippen LogP contribution in [-0.2, 0) is 26.2 Å². The number of aryl methyl sites for hydroxylation is 1. The van der Waals surface area contributed by atoms with Crippen LogP contribution in [-0.4, -0.2) is 50.2 Å². The summed E-state index contributed by atoms with van der Waals surface area (Å²) in [6, 6.07) is 13.6. The van der Waals surface area contributed by atoms with Crippen LogP contribution in [0.3, 0.4) is 0 Å². The molecule has 0 bridgehead atoms. The summed E-state index contributed by atoms with van der Waals surface area (Å²) in [6.45, 7) is 0. The highest BCUT2D eigenvalue weighted by molar-refractivity contribution is 6.62. The standard InChI is InChI=1S/C27H15N8O9/c1-32-26(43-24(30-32)13-3-7-15(8-4-13)34(39)40)17(11-28)19-21(36)20(23(38)22(19)37)18(12-29)27-33(2)31-25(44-27)14-5-9-16(10-6-14)35(41)42/h3-10,19H,1-2H3/q+1/b20-18-,26-17-. The first kappa shape index (κ1) is 28.6. The van der Waals surface area contributed by atoms with Crippen LogP contribution >= 0.6 is 0 Å². The molecule has 2 heterocycles. The number of ketones is 3. The van der Waals surface area contributed by atoms with Crippen LogP contribution in [0.4, 0.5) is 11.4 Å². The maximum atomic E-state index is 13.6. The number of nitrogens with zero attached hydrogens (tertiary/aromatic N) is 8. The first-order valence-electron chi connectivity index (χ1n) is 12.3. The van der Waals surface area contributed by atoms with Gasteiger partial charge in [-0.25, -0.2) is 5.01 Å². The van der Waals surface area contributed by atoms with E-state index in [1.807, 2.05) is 0 Å². The number of carbonyl (C=O) groups is 3. The van der Waals surface area contributed by atoms with Gasteiger partial charge in [-0.05, 0) is 28.9 Å². The Bertz CT molecular complexity index is 1990. The maximum Gasteiger partial charge on any atom is 0.419 e. The second kappa shape index (κ2) is 10.8. The molecule has 216 valence electrons. The van der Waals surface area contributed by atoms with Crippen LogP contribution in [0.5, 0.6) is 0 Å². The van der Waals surface area contributed by atoms with E-state index in [1.165, 1.54) is 62.6 Å². The summed E-state index contributed by atoms with van der Waals surface area (Å²) >= 11 is 0. The molecule has 3 aromatic rings. The van der Waals surface area contributed by atoms with Crippen molar-refractivity contribution in [2.75, 3.05) is 7.05 Å². The Hall–Kier alpha value is -6.88. The Balaban J connectivity index is 1.51. The molecule has 1 atom stereocenters. The van der Waals surface area contributed by atoms with E-state index in [1.54, 1.807) is 12.1 Å². The molecule has 1 aliphatic carbocycles. The third-order valence-electron chi connectivity index (χ3n) is 6.54. The molecule has 2 aromatic carbocycles. The van der Waals surface area contributed by atoms with Gasteiger partial charge in [-0.1, -0.05) is 0 Å². The fourth-order valence-corrected chi connectivity index (χ4v) is 4.42. The number of benzene rings is 2. The van der Waals surface area contributed by atoms with E-state index < -0.39 is 49.8 Å². The molecule has 1 aliphatic heterocycles. The first-order valence-corrected chi connectivity index (χ1v) is 12.3. The minimum absolute atomic E-state index is 0.102. The SMILES string of the molecule is CN1N=C(c2ccc([N+](=O)[O-])cc2)O/C1=C(/C#N)C1C(=O)C(=O)/C(=C(/C#N)c2oc(-c3ccc([N+](=O)[O-])cc3)n[n+]2C)C1=O. The zero-order valence-electron chi connectivity index (χ0n) is 22.4. The van der Waals surface area contributed by atoms with Crippen molar-refractivity contribution in [3.8, 4) is 23.6 Å². The molecule has 1 aromatic heterocycles. The molecule has 5 rings (SSSR count). The summed E-state index contributed by atoms with van der Waals surface area (Å²) in [6.07, 6.45) is 0. The van der Waals surface area contributed by atoms with Crippen LogP contribution in [0.25, 0.3) is 17.0 Å². The van der Waals surface area contributed by atoms with Gasteiger partial charge >= 0.3 is 5.89 Å². The predicted molar refractivity (Wildman–Crippen MR) is 142 cm³/mol. The van der Waals surface area contributed by atoms with Crippen LogP contribution in [0.2, 0.25) is 0 Å². The van der Waals surface area contributed by atoms with Gasteiger partial charge in [-0.2, -0.15) is 10.5 Å². The van der Waals surface area contributed by atoms with Crippen LogP contribution in [0, 0.1) is 48.8 Å². The van der Waals surface area contributed by atoms with E-state index in [4.69, 9.17) is 9.15 Å². The van der Waals surface area contributed by atoms with Crippen molar-refractivity contribution in [3.05, 3.63) is 97.2 Å². The molecule has 1 fully saturated rings. The highest BCUT2D eigenvalue weighted by Gasteiger charge is 2.52. The van der Waals surface area contributed by atoms with Gasteiger partial charge in [0.25, 0.3) is 17.3 Å². The molecule has 17 heteroatoms. The highest BCUT2D eigenvalue weighted by Crippen LogP contribution is 2.35. The number of carbonyl (C=O) groups excluding carboxylic acids is 3. The number of ether oxygens (including phenoxy) is 1. The Morgan fingerprint density at radius 1 is 0.932 bits per heavy atom. The molecule has 44 heavy (non-hydrogen) atoms. The number of nitro groups is 2. The number of nitro benzene ring substituents is 2. The van der Waals surface area contributed by atoms with Crippen molar-refractivity contribution in [1.29, 1.82) is 10.5 Å². The monoisotopic (exact) mass is 595 g/mol. The number of Topliss-reactive ketones (excluding diaryl/α,β-unsaturated/α-hetero) is 3. The molecule has 2 aliphatic rings. The number of rotatable bonds is 6. The first-order chi connectivity index (χ1) is 21.0. The molecule has 0 radical (unpaired) electrons. The Morgan fingerprint density at radius 2 is 1.50 bits per heavy atom. The molecule has 17 nitrogen and oxygen atoms in total. The zero-order chi connectivity index (χ0) is 31.9. The van der Waals surface area contributed by atoms with Gasteiger partial charge in [0.2, 0.25) is 23.3 Å². The number of hydrogen-bond donors (Lipinski definition) is 0. The van der Waals surface area contributed by atoms with E-state index in [9.17, 15) is 45.1 Å². The minimum Gasteiger partial charge on any atom is -0.418 e. The number of non-ortho nitro benzene ring substituents is 2. The Labute approximate surface area is 245 Å². The van der Waals surface area contributed by atoms with Crippen LogP contribution in [0.1, 0.15) is 11.5 Å². The van der Waals surface area contributed by atoms with Crippen molar-refractivity contribution in [3.63, 3.8) is 0 Å². The largest absolute Gasteiger partial charge is 0.419 e. The summed E-state index contributed by atoms with van der Waals surface area (Å²) in [7, 11) is 2.69. The number of nitriles is 2. The van der Waals surface area contributed by atoms with Gasteiger partial charge in [0.15, 0.2) is 18.4 Å². The Kier molecular flexibility index (Phi) is 7.05. The average Bonchev–Trinajstić information content (AvgIpc) is 3.65. The van der Waals surface area contributed by atoms with Gasteiger partial charge in [0.05, 0.1) is 15.4 Å². The summed E-state index contributed by atoms with van der Waals surface area (Å²) in [5.41, 5.74) is -1.83. The lowest BCUT2D eigenvalue weighted by molar-refractivity contribution is -0.732. The predicted octanol–water partition coefficient (Wildman–Crippen LogP) is 1.66. The molecule has 0 spiro atoms. The zero-order valence-corrected chi connectivity index (χ0v) is 22.4. The van der Waals surface area contributed by atoms with Crippen LogP contribution in [0.15, 0.2) is 75.1 Å². The van der Waals surface area contributed by atoms with Crippen molar-refractivity contribution in [1.82, 2.24) is 10.1 Å². The third-order valence-corrected chi connectivity index (χ3v) is 6.54. The topological polar surface area (TPSA) is 240 Å². The summed E-state index contributed by atoms with van der Waals surface area (Å²) < 4.78 is 12.3. The summed E-state index contributed by atoms with van der Waals surface area (Å²) in [5, 5.41) is 51.1. The third kappa shape index (κ3) is 4.72. The smallest absolute Gasteiger partial charge is 0.418 e. The number of allylic oxidation sites excluding steroid dienone is 3. The number of hydrogen-bond acceptors (Lipinski definition) is 14. The molecule has 0 amide bonds. The second-order valence-corrected chi connectivity index (χ2v) is 9.16. The van der Waals surface area contributed by atoms with Gasteiger partial charge < -0.3 is 9.15 Å². The molecule has 0 saturated heterocycles. The van der Waals surface area contributed by atoms with Crippen molar-refractivity contribution in [2.45, 2.75) is 0 Å². The normalized spacial score (nSPS) is 18.4. The van der Waals surface area contributed by atoms with Crippen LogP contribution < -0.4 is 4.68 Å². The lowest BCUT2D eigenvalue weighted by Gasteiger charge is -2.12. The van der Waals surface area contributed by atoms with E-state index in [-0.39, 0.29) is 46.1 Å². The van der Waals surface area contributed by atoms with E-state index in [0.29, 0.717) is 0 Å². The fourth-order valence-electron chi connectivity index (χ4n) is 4.42. The molecule has 1 unspecified atom stereocenters. The maximum absolute atomic E-state index is 13.6. The Morgan fingerprint density at radius 3 is 2.02 bits per heavy atom. The van der Waals surface area contributed by atoms with Gasteiger partial charge in [-0.3, -0.25) is 34.6 Å². The fraction of sp³-hybridized carbons (Fsp3) is 0.111. The number of hydrazone groups is 1. The van der Waals surface area contributed by atoms with E-state index in [2.05, 4.69) is 10.2 Å². The summed E-state index contributed by atoms with van der Waals surface area (Å²) in [5.74, 6) is -6.66. The van der Waals surface area contributed by atoms with Crippen molar-refractivity contribution < 1.29 is 38.1 Å². The second-order valence-electron chi connectivity index (χ2n) is 9.16. The van der Waals surface area contributed by atoms with Crippen molar-refractivity contribution >= 4 is 40.2 Å². The van der Waals surface area contributed by atoms with Gasteiger partial charge in [-0.15, -0.1) is 5.10 Å². The molecular weight excluding hydrogens is 580 g/mol. The van der Waals surface area contributed by atoms with Gasteiger partial charge in [0.1, 0.15) is 23.6 Å².